The molecule has 5 nitrogen and oxygen atoms in total. The van der Waals surface area contributed by atoms with E-state index in [0.717, 1.165) is 5.56 Å². The molecule has 1 heterocycles. The highest BCUT2D eigenvalue weighted by atomic mass is 19.3. The van der Waals surface area contributed by atoms with Crippen LogP contribution in [0.25, 0.3) is 0 Å². The van der Waals surface area contributed by atoms with Crippen molar-refractivity contribution in [3.63, 3.8) is 0 Å². The molecule has 0 aliphatic heterocycles. The van der Waals surface area contributed by atoms with E-state index in [-0.39, 0.29) is 24.7 Å². The lowest BCUT2D eigenvalue weighted by Crippen LogP contribution is -2.14. The average Bonchev–Trinajstić information content (AvgIpc) is 2.52. The van der Waals surface area contributed by atoms with Gasteiger partial charge in [0.15, 0.2) is 0 Å². The number of aryl methyl sites for hydroxylation is 2. The summed E-state index contributed by atoms with van der Waals surface area (Å²) in [6.07, 6.45) is -2.34. The first-order valence-electron chi connectivity index (χ1n) is 7.78. The number of nitrogens with one attached hydrogen (secondary N) is 2. The summed E-state index contributed by atoms with van der Waals surface area (Å²) in [6.45, 7) is 3.07. The zero-order valence-corrected chi connectivity index (χ0v) is 14.0. The molecule has 0 saturated carbocycles. The van der Waals surface area contributed by atoms with Gasteiger partial charge in [-0.1, -0.05) is 12.1 Å². The fraction of sp³-hybridized carbons (Fsp3) is 0.278. The minimum absolute atomic E-state index is 0.221. The number of nitrogens with zero attached hydrogens (tertiary/aromatic N) is 1. The molecule has 0 saturated heterocycles. The highest BCUT2D eigenvalue weighted by molar-refractivity contribution is 6.05. The van der Waals surface area contributed by atoms with Gasteiger partial charge in [-0.15, -0.1) is 0 Å². The maximum atomic E-state index is 12.4. The van der Waals surface area contributed by atoms with Gasteiger partial charge in [0.1, 0.15) is 5.82 Å². The van der Waals surface area contributed by atoms with E-state index in [1.807, 2.05) is 0 Å². The van der Waals surface area contributed by atoms with Crippen LogP contribution >= 0.6 is 0 Å². The van der Waals surface area contributed by atoms with Gasteiger partial charge in [-0.2, -0.15) is 0 Å². The van der Waals surface area contributed by atoms with E-state index in [9.17, 15) is 18.4 Å². The molecule has 2 N–H and O–H groups in total. The molecule has 25 heavy (non-hydrogen) atoms. The van der Waals surface area contributed by atoms with Gasteiger partial charge in [0.2, 0.25) is 12.3 Å². The Morgan fingerprint density at radius 2 is 1.92 bits per heavy atom. The fourth-order valence-corrected chi connectivity index (χ4v) is 2.33. The summed E-state index contributed by atoms with van der Waals surface area (Å²) in [5.74, 6) is -0.359. The van der Waals surface area contributed by atoms with Crippen molar-refractivity contribution in [3.8, 4) is 0 Å². The van der Waals surface area contributed by atoms with Crippen LogP contribution in [0.3, 0.4) is 0 Å². The number of anilines is 2. The second kappa shape index (κ2) is 8.32. The number of alkyl halides is 2. The van der Waals surface area contributed by atoms with Crippen molar-refractivity contribution in [1.82, 2.24) is 4.98 Å². The van der Waals surface area contributed by atoms with Crippen molar-refractivity contribution in [3.05, 3.63) is 53.2 Å². The van der Waals surface area contributed by atoms with Gasteiger partial charge >= 0.3 is 0 Å². The number of pyridine rings is 1. The fourth-order valence-electron chi connectivity index (χ4n) is 2.33. The van der Waals surface area contributed by atoms with Crippen molar-refractivity contribution in [1.29, 1.82) is 0 Å². The van der Waals surface area contributed by atoms with Crippen LogP contribution in [-0.2, 0) is 11.2 Å². The zero-order valence-electron chi connectivity index (χ0n) is 14.0. The van der Waals surface area contributed by atoms with Crippen LogP contribution in [0.5, 0.6) is 0 Å². The number of benzene rings is 1. The number of rotatable bonds is 6. The molecule has 7 heteroatoms. The van der Waals surface area contributed by atoms with Crippen molar-refractivity contribution in [2.24, 2.45) is 0 Å². The first-order chi connectivity index (χ1) is 11.8. The predicted molar refractivity (Wildman–Crippen MR) is 92.0 cm³/mol. The smallest absolute Gasteiger partial charge is 0.255 e. The standard InChI is InChI=1S/C18H19F2N3O2/c1-11-8-14(10-17(21-11)22-12(2)24)18(25)23-15-5-3-4-13(9-15)6-7-16(19)20/h3-5,8-10,16H,6-7H2,1-2H3,(H,23,25)(H,21,22,24). The number of amides is 2. The molecule has 132 valence electrons. The van der Waals surface area contributed by atoms with Gasteiger partial charge in [0.25, 0.3) is 5.91 Å². The van der Waals surface area contributed by atoms with E-state index >= 15 is 0 Å². The molecule has 0 radical (unpaired) electrons. The van der Waals surface area contributed by atoms with Crippen LogP contribution in [0, 0.1) is 6.92 Å². The van der Waals surface area contributed by atoms with Gasteiger partial charge < -0.3 is 10.6 Å². The summed E-state index contributed by atoms with van der Waals surface area (Å²) in [4.78, 5) is 27.7. The summed E-state index contributed by atoms with van der Waals surface area (Å²) >= 11 is 0. The van der Waals surface area contributed by atoms with E-state index in [4.69, 9.17) is 0 Å². The summed E-state index contributed by atoms with van der Waals surface area (Å²) in [5.41, 5.74) is 2.17. The lowest BCUT2D eigenvalue weighted by Gasteiger charge is -2.10. The van der Waals surface area contributed by atoms with Crippen LogP contribution < -0.4 is 10.6 Å². The topological polar surface area (TPSA) is 71.1 Å². The number of halogens is 2. The maximum absolute atomic E-state index is 12.4. The van der Waals surface area contributed by atoms with Gasteiger partial charge in [-0.25, -0.2) is 13.8 Å². The number of carbonyl (C=O) groups excluding carboxylic acids is 2. The van der Waals surface area contributed by atoms with E-state index in [1.165, 1.54) is 13.0 Å². The van der Waals surface area contributed by atoms with Crippen molar-refractivity contribution in [2.75, 3.05) is 10.6 Å². The molecular weight excluding hydrogens is 328 g/mol. The second-order valence-electron chi connectivity index (χ2n) is 5.65. The Kier molecular flexibility index (Phi) is 6.16. The van der Waals surface area contributed by atoms with Crippen LogP contribution in [-0.4, -0.2) is 23.2 Å². The third kappa shape index (κ3) is 5.95. The molecule has 0 bridgehead atoms. The Hall–Kier alpha value is -2.83. The minimum Gasteiger partial charge on any atom is -0.322 e. The Balaban J connectivity index is 2.12. The van der Waals surface area contributed by atoms with E-state index in [2.05, 4.69) is 15.6 Å². The monoisotopic (exact) mass is 347 g/mol. The van der Waals surface area contributed by atoms with Crippen molar-refractivity contribution >= 4 is 23.3 Å². The Morgan fingerprint density at radius 3 is 2.60 bits per heavy atom. The summed E-state index contributed by atoms with van der Waals surface area (Å²) in [5, 5.41) is 5.27. The van der Waals surface area contributed by atoms with Crippen LogP contribution in [0.4, 0.5) is 20.3 Å². The average molecular weight is 347 g/mol. The number of carbonyl (C=O) groups is 2. The first kappa shape index (κ1) is 18.5. The molecule has 1 aromatic heterocycles. The molecule has 0 aliphatic rings. The highest BCUT2D eigenvalue weighted by Crippen LogP contribution is 2.17. The van der Waals surface area contributed by atoms with E-state index in [1.54, 1.807) is 37.3 Å². The molecule has 0 spiro atoms. The Bertz CT molecular complexity index is 779. The third-order valence-corrected chi connectivity index (χ3v) is 3.36. The third-order valence-electron chi connectivity index (χ3n) is 3.36. The second-order valence-corrected chi connectivity index (χ2v) is 5.65. The highest BCUT2D eigenvalue weighted by Gasteiger charge is 2.11. The van der Waals surface area contributed by atoms with Crippen LogP contribution in [0.1, 0.15) is 35.0 Å². The number of hydrogen-bond acceptors (Lipinski definition) is 3. The summed E-state index contributed by atoms with van der Waals surface area (Å²) in [7, 11) is 0. The van der Waals surface area contributed by atoms with Crippen molar-refractivity contribution < 1.29 is 18.4 Å². The molecule has 0 atom stereocenters. The Morgan fingerprint density at radius 1 is 1.16 bits per heavy atom. The van der Waals surface area contributed by atoms with Gasteiger partial charge in [-0.05, 0) is 43.2 Å². The number of aromatic nitrogens is 1. The van der Waals surface area contributed by atoms with Crippen LogP contribution in [0.2, 0.25) is 0 Å². The van der Waals surface area contributed by atoms with Crippen molar-refractivity contribution in [2.45, 2.75) is 33.1 Å². The number of hydrogen-bond donors (Lipinski definition) is 2. The van der Waals surface area contributed by atoms with E-state index < -0.39 is 6.43 Å². The summed E-state index contributed by atoms with van der Waals surface area (Å²) in [6, 6.07) is 9.88. The predicted octanol–water partition coefficient (Wildman–Crippen LogP) is 3.80. The maximum Gasteiger partial charge on any atom is 0.255 e. The first-order valence-corrected chi connectivity index (χ1v) is 7.78. The van der Waals surface area contributed by atoms with Gasteiger partial charge in [0.05, 0.1) is 0 Å². The van der Waals surface area contributed by atoms with Gasteiger partial charge in [0, 0.05) is 30.3 Å². The molecule has 0 aliphatic carbocycles. The SMILES string of the molecule is CC(=O)Nc1cc(C(=O)Nc2cccc(CCC(F)F)c2)cc(C)n1. The lowest BCUT2D eigenvalue weighted by atomic mass is 10.1. The molecule has 0 unspecified atom stereocenters. The lowest BCUT2D eigenvalue weighted by molar-refractivity contribution is -0.114. The molecule has 0 fully saturated rings. The van der Waals surface area contributed by atoms with Crippen LogP contribution in [0.15, 0.2) is 36.4 Å². The molecule has 1 aromatic carbocycles. The molecular formula is C18H19F2N3O2. The van der Waals surface area contributed by atoms with Gasteiger partial charge in [-0.3, -0.25) is 9.59 Å². The normalized spacial score (nSPS) is 10.6. The molecule has 2 aromatic rings. The molecule has 2 rings (SSSR count). The van der Waals surface area contributed by atoms with E-state index in [0.29, 0.717) is 22.8 Å². The largest absolute Gasteiger partial charge is 0.322 e. The Labute approximate surface area is 144 Å². The quantitative estimate of drug-likeness (QED) is 0.835. The molecule has 2 amide bonds. The minimum atomic E-state index is -2.36. The zero-order chi connectivity index (χ0) is 18.4. The summed E-state index contributed by atoms with van der Waals surface area (Å²) < 4.78 is 24.6.